The number of methoxy groups -OCH3 is 1. The van der Waals surface area contributed by atoms with Gasteiger partial charge in [-0.2, -0.15) is 0 Å². The maximum absolute atomic E-state index is 10.7. The average Bonchev–Trinajstić information content (AvgIpc) is 2.35. The molecule has 17 heavy (non-hydrogen) atoms. The van der Waals surface area contributed by atoms with Crippen molar-refractivity contribution in [3.05, 3.63) is 0 Å². The van der Waals surface area contributed by atoms with Gasteiger partial charge in [0.15, 0.2) is 0 Å². The van der Waals surface area contributed by atoms with Gasteiger partial charge in [0.2, 0.25) is 0 Å². The maximum Gasteiger partial charge on any atom is 0.0749 e. The second kappa shape index (κ2) is 6.72. The van der Waals surface area contributed by atoms with Crippen molar-refractivity contribution in [2.24, 2.45) is 5.92 Å². The van der Waals surface area contributed by atoms with Gasteiger partial charge < -0.3 is 14.7 Å². The molecule has 0 aromatic heterocycles. The van der Waals surface area contributed by atoms with Crippen molar-refractivity contribution in [3.63, 3.8) is 0 Å². The van der Waals surface area contributed by atoms with Crippen LogP contribution in [0.5, 0.6) is 0 Å². The van der Waals surface area contributed by atoms with E-state index in [2.05, 4.69) is 25.9 Å². The van der Waals surface area contributed by atoms with E-state index in [1.54, 1.807) is 7.11 Å². The third-order valence-electron chi connectivity index (χ3n) is 4.48. The van der Waals surface area contributed by atoms with Crippen LogP contribution >= 0.6 is 0 Å². The van der Waals surface area contributed by atoms with Crippen LogP contribution < -0.4 is 0 Å². The fourth-order valence-electron chi connectivity index (χ4n) is 3.16. The minimum absolute atomic E-state index is 0.00852. The van der Waals surface area contributed by atoms with Gasteiger partial charge in [0.25, 0.3) is 0 Å². The summed E-state index contributed by atoms with van der Waals surface area (Å²) in [5.74, 6) is 0.301. The number of likely N-dealkylation sites (N-methyl/N-ethyl adjacent to an activating group) is 1. The summed E-state index contributed by atoms with van der Waals surface area (Å²) in [5.41, 5.74) is -0.00852. The number of nitrogens with zero attached hydrogens (tertiary/aromatic N) is 1. The molecule has 0 bridgehead atoms. The zero-order valence-electron chi connectivity index (χ0n) is 11.9. The first-order chi connectivity index (χ1) is 8.04. The molecule has 2 atom stereocenters. The number of aliphatic hydroxyl groups excluding tert-OH is 1. The summed E-state index contributed by atoms with van der Waals surface area (Å²) in [4.78, 5) is 2.25. The van der Waals surface area contributed by atoms with Crippen LogP contribution in [-0.2, 0) is 4.74 Å². The zero-order valence-corrected chi connectivity index (χ0v) is 11.9. The fraction of sp³-hybridized carbons (Fsp3) is 1.00. The van der Waals surface area contributed by atoms with Gasteiger partial charge >= 0.3 is 0 Å². The van der Waals surface area contributed by atoms with Gasteiger partial charge in [-0.3, -0.25) is 0 Å². The van der Waals surface area contributed by atoms with Gasteiger partial charge in [-0.05, 0) is 39.3 Å². The standard InChI is InChI=1S/C14H29NO2/c1-12(8-11-17-4)13(16)14(15(2)3)9-6-5-7-10-14/h12-13,16H,5-11H2,1-4H3. The topological polar surface area (TPSA) is 32.7 Å². The van der Waals surface area contributed by atoms with E-state index < -0.39 is 0 Å². The Labute approximate surface area is 106 Å². The Bertz CT molecular complexity index is 212. The fourth-order valence-corrected chi connectivity index (χ4v) is 3.16. The van der Waals surface area contributed by atoms with E-state index in [1.165, 1.54) is 19.3 Å². The number of aliphatic hydroxyl groups is 1. The first kappa shape index (κ1) is 14.9. The molecule has 1 aliphatic carbocycles. The lowest BCUT2D eigenvalue weighted by Gasteiger charge is -2.48. The molecule has 0 amide bonds. The molecule has 3 nitrogen and oxygen atoms in total. The molecule has 0 saturated heterocycles. The Hall–Kier alpha value is -0.120. The molecular formula is C14H29NO2. The number of hydrogen-bond acceptors (Lipinski definition) is 3. The van der Waals surface area contributed by atoms with Crippen molar-refractivity contribution in [1.82, 2.24) is 4.90 Å². The second-order valence-corrected chi connectivity index (χ2v) is 5.76. The van der Waals surface area contributed by atoms with Crippen LogP contribution in [0.2, 0.25) is 0 Å². The molecule has 1 N–H and O–H groups in total. The summed E-state index contributed by atoms with van der Waals surface area (Å²) in [6, 6.07) is 0. The first-order valence-electron chi connectivity index (χ1n) is 6.89. The van der Waals surface area contributed by atoms with E-state index in [-0.39, 0.29) is 11.6 Å². The predicted molar refractivity (Wildman–Crippen MR) is 71.2 cm³/mol. The normalized spacial score (nSPS) is 23.6. The quantitative estimate of drug-likeness (QED) is 0.777. The van der Waals surface area contributed by atoms with E-state index >= 15 is 0 Å². The van der Waals surface area contributed by atoms with Crippen molar-refractivity contribution in [1.29, 1.82) is 0 Å². The largest absolute Gasteiger partial charge is 0.391 e. The van der Waals surface area contributed by atoms with Crippen molar-refractivity contribution in [3.8, 4) is 0 Å². The number of ether oxygens (including phenoxy) is 1. The molecule has 1 saturated carbocycles. The molecule has 102 valence electrons. The van der Waals surface area contributed by atoms with E-state index in [0.29, 0.717) is 5.92 Å². The molecule has 1 rings (SSSR count). The van der Waals surface area contributed by atoms with Crippen LogP contribution in [-0.4, -0.2) is 49.5 Å². The highest BCUT2D eigenvalue weighted by molar-refractivity contribution is 4.98. The Kier molecular flexibility index (Phi) is 5.90. The third kappa shape index (κ3) is 3.43. The molecule has 0 aromatic carbocycles. The molecule has 1 fully saturated rings. The summed E-state index contributed by atoms with van der Waals surface area (Å²) in [6.07, 6.45) is 6.74. The Morgan fingerprint density at radius 3 is 2.29 bits per heavy atom. The Morgan fingerprint density at radius 2 is 1.82 bits per heavy atom. The highest BCUT2D eigenvalue weighted by Crippen LogP contribution is 2.38. The molecular weight excluding hydrogens is 214 g/mol. The molecule has 1 aliphatic rings. The van der Waals surface area contributed by atoms with Crippen LogP contribution in [0.15, 0.2) is 0 Å². The Morgan fingerprint density at radius 1 is 1.24 bits per heavy atom. The lowest BCUT2D eigenvalue weighted by molar-refractivity contribution is -0.0632. The lowest BCUT2D eigenvalue weighted by atomic mass is 9.72. The van der Waals surface area contributed by atoms with Crippen molar-refractivity contribution in [2.45, 2.75) is 57.1 Å². The average molecular weight is 243 g/mol. The summed E-state index contributed by atoms with van der Waals surface area (Å²) in [6.45, 7) is 2.88. The minimum Gasteiger partial charge on any atom is -0.391 e. The summed E-state index contributed by atoms with van der Waals surface area (Å²) in [5, 5.41) is 10.7. The van der Waals surface area contributed by atoms with Gasteiger partial charge in [0, 0.05) is 19.3 Å². The van der Waals surface area contributed by atoms with Gasteiger partial charge in [-0.15, -0.1) is 0 Å². The van der Waals surface area contributed by atoms with Crippen LogP contribution in [0.25, 0.3) is 0 Å². The van der Waals surface area contributed by atoms with E-state index in [0.717, 1.165) is 25.9 Å². The van der Waals surface area contributed by atoms with Gasteiger partial charge in [-0.25, -0.2) is 0 Å². The molecule has 3 heteroatoms. The van der Waals surface area contributed by atoms with Crippen molar-refractivity contribution < 1.29 is 9.84 Å². The number of hydrogen-bond donors (Lipinski definition) is 1. The van der Waals surface area contributed by atoms with Crippen LogP contribution in [0, 0.1) is 5.92 Å². The zero-order chi connectivity index (χ0) is 12.9. The molecule has 0 heterocycles. The third-order valence-corrected chi connectivity index (χ3v) is 4.48. The summed E-state index contributed by atoms with van der Waals surface area (Å²) in [7, 11) is 5.94. The van der Waals surface area contributed by atoms with E-state index in [9.17, 15) is 5.11 Å². The molecule has 0 spiro atoms. The summed E-state index contributed by atoms with van der Waals surface area (Å²) >= 11 is 0. The molecule has 0 aliphatic heterocycles. The first-order valence-corrected chi connectivity index (χ1v) is 6.89. The molecule has 0 aromatic rings. The van der Waals surface area contributed by atoms with Crippen LogP contribution in [0.3, 0.4) is 0 Å². The summed E-state index contributed by atoms with van der Waals surface area (Å²) < 4.78 is 5.12. The monoisotopic (exact) mass is 243 g/mol. The maximum atomic E-state index is 10.7. The van der Waals surface area contributed by atoms with Crippen molar-refractivity contribution >= 4 is 0 Å². The van der Waals surface area contributed by atoms with Crippen LogP contribution in [0.1, 0.15) is 45.4 Å². The smallest absolute Gasteiger partial charge is 0.0749 e. The predicted octanol–water partition coefficient (Wildman–Crippen LogP) is 2.28. The van der Waals surface area contributed by atoms with Crippen molar-refractivity contribution in [2.75, 3.05) is 27.8 Å². The van der Waals surface area contributed by atoms with Crippen LogP contribution in [0.4, 0.5) is 0 Å². The van der Waals surface area contributed by atoms with Gasteiger partial charge in [-0.1, -0.05) is 26.2 Å². The van der Waals surface area contributed by atoms with E-state index in [4.69, 9.17) is 4.74 Å². The Balaban J connectivity index is 2.68. The van der Waals surface area contributed by atoms with E-state index in [1.807, 2.05) is 0 Å². The second-order valence-electron chi connectivity index (χ2n) is 5.76. The molecule has 2 unspecified atom stereocenters. The van der Waals surface area contributed by atoms with Gasteiger partial charge in [0.1, 0.15) is 0 Å². The highest BCUT2D eigenvalue weighted by atomic mass is 16.5. The lowest BCUT2D eigenvalue weighted by Crippen LogP contribution is -2.57. The highest BCUT2D eigenvalue weighted by Gasteiger charge is 2.42. The van der Waals surface area contributed by atoms with Gasteiger partial charge in [0.05, 0.1) is 6.10 Å². The SMILES string of the molecule is COCCC(C)C(O)C1(N(C)C)CCCCC1. The number of rotatable bonds is 6. The minimum atomic E-state index is -0.243. The molecule has 0 radical (unpaired) electrons.